The fourth-order valence-corrected chi connectivity index (χ4v) is 2.55. The Kier molecular flexibility index (Phi) is 5.28. The van der Waals surface area contributed by atoms with Crippen LogP contribution in [-0.2, 0) is 12.7 Å². The number of nitrogens with one attached hydrogen (secondary N) is 2. The summed E-state index contributed by atoms with van der Waals surface area (Å²) in [5, 5.41) is 5.40. The topological polar surface area (TPSA) is 44.4 Å². The van der Waals surface area contributed by atoms with Crippen LogP contribution in [0.2, 0.25) is 0 Å². The van der Waals surface area contributed by atoms with Gasteiger partial charge in [0.1, 0.15) is 0 Å². The van der Waals surface area contributed by atoms with Crippen LogP contribution in [0.5, 0.6) is 0 Å². The quantitative estimate of drug-likeness (QED) is 0.900. The van der Waals surface area contributed by atoms with Gasteiger partial charge in [-0.05, 0) is 30.5 Å². The van der Waals surface area contributed by atoms with E-state index < -0.39 is 11.7 Å². The summed E-state index contributed by atoms with van der Waals surface area (Å²) in [6.45, 7) is 2.26. The highest BCUT2D eigenvalue weighted by Crippen LogP contribution is 2.29. The molecule has 2 rings (SSSR count). The molecule has 0 saturated carbocycles. The molecule has 1 aliphatic rings. The first-order valence-corrected chi connectivity index (χ1v) is 7.25. The molecule has 22 heavy (non-hydrogen) atoms. The summed E-state index contributed by atoms with van der Waals surface area (Å²) >= 11 is 0. The Morgan fingerprint density at radius 1 is 1.23 bits per heavy atom. The lowest BCUT2D eigenvalue weighted by Gasteiger charge is -2.32. The highest BCUT2D eigenvalue weighted by atomic mass is 19.4. The van der Waals surface area contributed by atoms with Crippen LogP contribution in [0.25, 0.3) is 0 Å². The summed E-state index contributed by atoms with van der Waals surface area (Å²) in [6, 6.07) is 5.27. The lowest BCUT2D eigenvalue weighted by Crippen LogP contribution is -2.46. The molecule has 1 heterocycles. The molecule has 122 valence electrons. The number of halogens is 3. The van der Waals surface area contributed by atoms with Gasteiger partial charge in [0, 0.05) is 32.7 Å². The van der Waals surface area contributed by atoms with Crippen molar-refractivity contribution in [2.75, 3.05) is 20.1 Å². The first-order valence-electron chi connectivity index (χ1n) is 7.25. The van der Waals surface area contributed by atoms with Crippen LogP contribution in [-0.4, -0.2) is 37.1 Å². The lowest BCUT2D eigenvalue weighted by atomic mass is 10.0. The van der Waals surface area contributed by atoms with Crippen molar-refractivity contribution in [3.8, 4) is 0 Å². The van der Waals surface area contributed by atoms with E-state index in [-0.39, 0.29) is 12.1 Å². The summed E-state index contributed by atoms with van der Waals surface area (Å²) in [4.78, 5) is 13.4. The van der Waals surface area contributed by atoms with Crippen LogP contribution in [0.4, 0.5) is 18.0 Å². The van der Waals surface area contributed by atoms with E-state index in [1.54, 1.807) is 7.05 Å². The molecule has 4 nitrogen and oxygen atoms in total. The number of urea groups is 1. The molecule has 1 aromatic carbocycles. The normalized spacial score (nSPS) is 17.3. The molecular weight excluding hydrogens is 295 g/mol. The van der Waals surface area contributed by atoms with Crippen LogP contribution in [0.3, 0.4) is 0 Å². The van der Waals surface area contributed by atoms with Gasteiger partial charge in [0.2, 0.25) is 0 Å². The number of piperidine rings is 1. The molecular formula is C15H20F3N3O. The molecule has 0 aromatic heterocycles. The molecule has 0 unspecified atom stereocenters. The zero-order valence-corrected chi connectivity index (χ0v) is 12.4. The molecule has 0 atom stereocenters. The highest BCUT2D eigenvalue weighted by Gasteiger charge is 2.30. The number of carbonyl (C=O) groups excluding carboxylic acids is 1. The molecule has 0 spiro atoms. The predicted octanol–water partition coefficient (Wildman–Crippen LogP) is 2.60. The van der Waals surface area contributed by atoms with Crippen LogP contribution in [0.15, 0.2) is 24.3 Å². The number of benzene rings is 1. The average Bonchev–Trinajstić information content (AvgIpc) is 2.49. The van der Waals surface area contributed by atoms with Gasteiger partial charge < -0.3 is 10.6 Å². The third-order valence-corrected chi connectivity index (χ3v) is 3.84. The van der Waals surface area contributed by atoms with Crippen molar-refractivity contribution in [2.45, 2.75) is 31.6 Å². The molecule has 0 aliphatic carbocycles. The maximum absolute atomic E-state index is 12.5. The van der Waals surface area contributed by atoms with Crippen molar-refractivity contribution < 1.29 is 18.0 Å². The number of hydrogen-bond acceptors (Lipinski definition) is 2. The van der Waals surface area contributed by atoms with E-state index in [9.17, 15) is 18.0 Å². The highest BCUT2D eigenvalue weighted by molar-refractivity contribution is 5.73. The van der Waals surface area contributed by atoms with Gasteiger partial charge in [-0.15, -0.1) is 0 Å². The second-order valence-corrected chi connectivity index (χ2v) is 5.47. The Labute approximate surface area is 127 Å². The van der Waals surface area contributed by atoms with E-state index in [0.717, 1.165) is 43.6 Å². The Bertz CT molecular complexity index is 494. The number of amides is 2. The average molecular weight is 315 g/mol. The first kappa shape index (κ1) is 16.6. The van der Waals surface area contributed by atoms with E-state index in [0.29, 0.717) is 6.54 Å². The summed E-state index contributed by atoms with van der Waals surface area (Å²) in [7, 11) is 1.58. The minimum Gasteiger partial charge on any atom is -0.341 e. The standard InChI is InChI=1S/C15H20F3N3O/c1-19-14(22)20-13-6-8-21(9-7-13)10-11-2-4-12(5-3-11)15(16,17)18/h2-5,13H,6-10H2,1H3,(H2,19,20,22). The number of nitrogens with zero attached hydrogens (tertiary/aromatic N) is 1. The van der Waals surface area contributed by atoms with Crippen molar-refractivity contribution in [1.82, 2.24) is 15.5 Å². The maximum atomic E-state index is 12.5. The fraction of sp³-hybridized carbons (Fsp3) is 0.533. The van der Waals surface area contributed by atoms with Gasteiger partial charge in [-0.1, -0.05) is 12.1 Å². The molecule has 1 fully saturated rings. The zero-order chi connectivity index (χ0) is 16.2. The van der Waals surface area contributed by atoms with Crippen molar-refractivity contribution in [3.63, 3.8) is 0 Å². The van der Waals surface area contributed by atoms with Crippen molar-refractivity contribution in [3.05, 3.63) is 35.4 Å². The van der Waals surface area contributed by atoms with Crippen LogP contribution < -0.4 is 10.6 Å². The Balaban J connectivity index is 1.82. The van der Waals surface area contributed by atoms with Crippen molar-refractivity contribution in [1.29, 1.82) is 0 Å². The molecule has 0 radical (unpaired) electrons. The summed E-state index contributed by atoms with van der Waals surface area (Å²) < 4.78 is 37.5. The first-order chi connectivity index (χ1) is 10.4. The second kappa shape index (κ2) is 7.00. The molecule has 1 saturated heterocycles. The third-order valence-electron chi connectivity index (χ3n) is 3.84. The number of alkyl halides is 3. The minimum atomic E-state index is -4.29. The monoisotopic (exact) mass is 315 g/mol. The van der Waals surface area contributed by atoms with Crippen LogP contribution >= 0.6 is 0 Å². The van der Waals surface area contributed by atoms with E-state index in [1.807, 2.05) is 0 Å². The summed E-state index contributed by atoms with van der Waals surface area (Å²) in [5.74, 6) is 0. The molecule has 1 aliphatic heterocycles. The molecule has 2 N–H and O–H groups in total. The van der Waals surface area contributed by atoms with Gasteiger partial charge in [-0.2, -0.15) is 13.2 Å². The van der Waals surface area contributed by atoms with Gasteiger partial charge in [0.25, 0.3) is 0 Å². The summed E-state index contributed by atoms with van der Waals surface area (Å²) in [6.07, 6.45) is -2.61. The van der Waals surface area contributed by atoms with Gasteiger partial charge in [-0.3, -0.25) is 4.90 Å². The number of rotatable bonds is 3. The van der Waals surface area contributed by atoms with E-state index >= 15 is 0 Å². The zero-order valence-electron chi connectivity index (χ0n) is 12.4. The number of hydrogen-bond donors (Lipinski definition) is 2. The lowest BCUT2D eigenvalue weighted by molar-refractivity contribution is -0.137. The minimum absolute atomic E-state index is 0.156. The van der Waals surface area contributed by atoms with Gasteiger partial charge in [-0.25, -0.2) is 4.79 Å². The van der Waals surface area contributed by atoms with E-state index in [4.69, 9.17) is 0 Å². The van der Waals surface area contributed by atoms with Gasteiger partial charge in [0.05, 0.1) is 5.56 Å². The number of carbonyl (C=O) groups is 1. The maximum Gasteiger partial charge on any atom is 0.416 e. The van der Waals surface area contributed by atoms with Gasteiger partial charge >= 0.3 is 12.2 Å². The molecule has 0 bridgehead atoms. The fourth-order valence-electron chi connectivity index (χ4n) is 2.55. The smallest absolute Gasteiger partial charge is 0.341 e. The largest absolute Gasteiger partial charge is 0.416 e. The Morgan fingerprint density at radius 3 is 2.32 bits per heavy atom. The van der Waals surface area contributed by atoms with Gasteiger partial charge in [0.15, 0.2) is 0 Å². The van der Waals surface area contributed by atoms with Crippen LogP contribution in [0.1, 0.15) is 24.0 Å². The SMILES string of the molecule is CNC(=O)NC1CCN(Cc2ccc(C(F)(F)F)cc2)CC1. The number of likely N-dealkylation sites (tertiary alicyclic amines) is 1. The molecule has 2 amide bonds. The van der Waals surface area contributed by atoms with Crippen LogP contribution in [0, 0.1) is 0 Å². The predicted molar refractivity (Wildman–Crippen MR) is 77.3 cm³/mol. The molecule has 1 aromatic rings. The van der Waals surface area contributed by atoms with Crippen molar-refractivity contribution in [2.24, 2.45) is 0 Å². The third kappa shape index (κ3) is 4.62. The van der Waals surface area contributed by atoms with E-state index in [1.165, 1.54) is 12.1 Å². The summed E-state index contributed by atoms with van der Waals surface area (Å²) in [5.41, 5.74) is 0.246. The Hall–Kier alpha value is -1.76. The molecule has 7 heteroatoms. The Morgan fingerprint density at radius 2 is 1.82 bits per heavy atom. The van der Waals surface area contributed by atoms with E-state index in [2.05, 4.69) is 15.5 Å². The van der Waals surface area contributed by atoms with Crippen molar-refractivity contribution >= 4 is 6.03 Å². The second-order valence-electron chi connectivity index (χ2n) is 5.47.